The molecule has 1 fully saturated rings. The second-order valence-electron chi connectivity index (χ2n) is 5.19. The summed E-state index contributed by atoms with van der Waals surface area (Å²) in [5.74, 6) is -0.386. The summed E-state index contributed by atoms with van der Waals surface area (Å²) in [6.07, 6.45) is -2.60. The molecule has 0 N–H and O–H groups in total. The molecule has 0 radical (unpaired) electrons. The van der Waals surface area contributed by atoms with Crippen molar-refractivity contribution < 1.29 is 27.4 Å². The number of amides is 1. The summed E-state index contributed by atoms with van der Waals surface area (Å²) in [5.41, 5.74) is 0.938. The van der Waals surface area contributed by atoms with Crippen LogP contribution in [-0.2, 0) is 9.53 Å². The van der Waals surface area contributed by atoms with Gasteiger partial charge in [0, 0.05) is 23.7 Å². The number of aromatic nitrogens is 1. The number of hydrogen-bond acceptors (Lipinski definition) is 4. The molecule has 1 atom stereocenters. The molecule has 128 valence electrons. The van der Waals surface area contributed by atoms with Gasteiger partial charge in [0.25, 0.3) is 0 Å². The largest absolute Gasteiger partial charge is 0.573 e. The van der Waals surface area contributed by atoms with Gasteiger partial charge in [-0.2, -0.15) is 0 Å². The van der Waals surface area contributed by atoms with Gasteiger partial charge in [0.1, 0.15) is 5.75 Å². The van der Waals surface area contributed by atoms with Crippen LogP contribution in [0.15, 0.2) is 24.4 Å². The molecule has 1 aromatic carbocycles. The Bertz CT molecular complexity index is 769. The number of halogens is 4. The number of hydrogen-bond donors (Lipinski definition) is 0. The van der Waals surface area contributed by atoms with Crippen molar-refractivity contribution in [1.82, 2.24) is 9.88 Å². The maximum absolute atomic E-state index is 12.4. The standard InChI is InChI=1S/C15H12ClF3N2O3/c16-14-10-5-9(24-15(17,18)19)1-2-12(10)20-6-11(14)13-7-23-4-3-21(13)8-22/h1-2,5-6,8,13H,3-4,7H2. The Morgan fingerprint density at radius 1 is 1.42 bits per heavy atom. The predicted octanol–water partition coefficient (Wildman–Crippen LogP) is 3.32. The minimum Gasteiger partial charge on any atom is -0.406 e. The minimum atomic E-state index is -4.79. The number of morpholine rings is 1. The van der Waals surface area contributed by atoms with E-state index in [-0.39, 0.29) is 17.4 Å². The molecule has 2 aromatic rings. The van der Waals surface area contributed by atoms with Crippen LogP contribution in [0.2, 0.25) is 5.02 Å². The predicted molar refractivity (Wildman–Crippen MR) is 79.8 cm³/mol. The third-order valence-electron chi connectivity index (χ3n) is 3.70. The van der Waals surface area contributed by atoms with E-state index in [4.69, 9.17) is 16.3 Å². The second-order valence-corrected chi connectivity index (χ2v) is 5.57. The molecule has 0 bridgehead atoms. The number of carbonyl (C=O) groups excluding carboxylic acids is 1. The fourth-order valence-electron chi connectivity index (χ4n) is 2.60. The maximum Gasteiger partial charge on any atom is 0.573 e. The van der Waals surface area contributed by atoms with Gasteiger partial charge in [-0.3, -0.25) is 9.78 Å². The van der Waals surface area contributed by atoms with Gasteiger partial charge in [0.2, 0.25) is 6.41 Å². The van der Waals surface area contributed by atoms with Crippen molar-refractivity contribution >= 4 is 28.9 Å². The number of pyridine rings is 1. The first-order valence-corrected chi connectivity index (χ1v) is 7.39. The molecular formula is C15H12ClF3N2O3. The van der Waals surface area contributed by atoms with Crippen LogP contribution in [0, 0.1) is 0 Å². The average Bonchev–Trinajstić information content (AvgIpc) is 2.54. The fraction of sp³-hybridized carbons (Fsp3) is 0.333. The van der Waals surface area contributed by atoms with Crippen LogP contribution in [0.5, 0.6) is 5.75 Å². The zero-order valence-electron chi connectivity index (χ0n) is 12.2. The lowest BCUT2D eigenvalue weighted by atomic mass is 10.0. The zero-order valence-corrected chi connectivity index (χ0v) is 13.0. The summed E-state index contributed by atoms with van der Waals surface area (Å²) in [6.45, 7) is 1.06. The Morgan fingerprint density at radius 3 is 2.92 bits per heavy atom. The molecule has 0 spiro atoms. The van der Waals surface area contributed by atoms with Crippen LogP contribution in [0.25, 0.3) is 10.9 Å². The topological polar surface area (TPSA) is 51.7 Å². The molecule has 5 nitrogen and oxygen atoms in total. The van der Waals surface area contributed by atoms with Crippen LogP contribution in [-0.4, -0.2) is 42.4 Å². The molecule has 2 heterocycles. The summed E-state index contributed by atoms with van der Waals surface area (Å²) in [6, 6.07) is 3.30. The SMILES string of the molecule is O=CN1CCOCC1c1cnc2ccc(OC(F)(F)F)cc2c1Cl. The molecule has 1 aliphatic heterocycles. The van der Waals surface area contributed by atoms with E-state index in [1.165, 1.54) is 29.3 Å². The van der Waals surface area contributed by atoms with Gasteiger partial charge in [-0.05, 0) is 18.2 Å². The monoisotopic (exact) mass is 360 g/mol. The second kappa shape index (κ2) is 6.45. The summed E-state index contributed by atoms with van der Waals surface area (Å²) in [4.78, 5) is 16.9. The van der Waals surface area contributed by atoms with E-state index in [2.05, 4.69) is 9.72 Å². The Labute approximate surface area is 139 Å². The smallest absolute Gasteiger partial charge is 0.406 e. The first-order chi connectivity index (χ1) is 11.4. The number of fused-ring (bicyclic) bond motifs is 1. The molecule has 1 aliphatic rings. The number of rotatable bonds is 3. The van der Waals surface area contributed by atoms with E-state index in [0.29, 0.717) is 36.0 Å². The van der Waals surface area contributed by atoms with Crippen molar-refractivity contribution in [2.45, 2.75) is 12.4 Å². The Kier molecular flexibility index (Phi) is 4.51. The average molecular weight is 361 g/mol. The molecule has 1 saturated heterocycles. The van der Waals surface area contributed by atoms with Crippen LogP contribution >= 0.6 is 11.6 Å². The summed E-state index contributed by atoms with van der Waals surface area (Å²) in [5, 5.41) is 0.530. The van der Waals surface area contributed by atoms with Gasteiger partial charge in [0.05, 0.1) is 29.8 Å². The van der Waals surface area contributed by atoms with Gasteiger partial charge in [-0.15, -0.1) is 13.2 Å². The highest BCUT2D eigenvalue weighted by Crippen LogP contribution is 2.35. The van der Waals surface area contributed by atoms with E-state index in [0.717, 1.165) is 0 Å². The lowest BCUT2D eigenvalue weighted by molar-refractivity contribution is -0.274. The van der Waals surface area contributed by atoms with E-state index < -0.39 is 12.4 Å². The maximum atomic E-state index is 12.4. The fourth-order valence-corrected chi connectivity index (χ4v) is 2.92. The summed E-state index contributed by atoms with van der Waals surface area (Å²) < 4.78 is 46.4. The molecule has 0 aliphatic carbocycles. The highest BCUT2D eigenvalue weighted by Gasteiger charge is 2.31. The van der Waals surface area contributed by atoms with Gasteiger partial charge in [0.15, 0.2) is 0 Å². The molecule has 1 unspecified atom stereocenters. The molecular weight excluding hydrogens is 349 g/mol. The van der Waals surface area contributed by atoms with Crippen molar-refractivity contribution in [2.24, 2.45) is 0 Å². The number of nitrogens with zero attached hydrogens (tertiary/aromatic N) is 2. The van der Waals surface area contributed by atoms with Gasteiger partial charge in [-0.1, -0.05) is 11.6 Å². The molecule has 24 heavy (non-hydrogen) atoms. The molecule has 3 rings (SSSR count). The van der Waals surface area contributed by atoms with Crippen LogP contribution in [0.1, 0.15) is 11.6 Å². The van der Waals surface area contributed by atoms with Gasteiger partial charge < -0.3 is 14.4 Å². The highest BCUT2D eigenvalue weighted by atomic mass is 35.5. The third-order valence-corrected chi connectivity index (χ3v) is 4.12. The molecule has 1 amide bonds. The van der Waals surface area contributed by atoms with Crippen molar-refractivity contribution in [2.75, 3.05) is 19.8 Å². The van der Waals surface area contributed by atoms with E-state index in [1.54, 1.807) is 0 Å². The number of alkyl halides is 3. The van der Waals surface area contributed by atoms with E-state index in [9.17, 15) is 18.0 Å². The highest BCUT2D eigenvalue weighted by molar-refractivity contribution is 6.36. The molecule has 1 aromatic heterocycles. The zero-order chi connectivity index (χ0) is 17.3. The van der Waals surface area contributed by atoms with Gasteiger partial charge >= 0.3 is 6.36 Å². The Balaban J connectivity index is 2.03. The first kappa shape index (κ1) is 16.8. The normalized spacial score (nSPS) is 18.7. The lowest BCUT2D eigenvalue weighted by Crippen LogP contribution is -2.38. The quantitative estimate of drug-likeness (QED) is 0.788. The van der Waals surface area contributed by atoms with Crippen molar-refractivity contribution in [3.8, 4) is 5.75 Å². The summed E-state index contributed by atoms with van der Waals surface area (Å²) in [7, 11) is 0. The first-order valence-electron chi connectivity index (χ1n) is 7.02. The van der Waals surface area contributed by atoms with Crippen LogP contribution < -0.4 is 4.74 Å². The summed E-state index contributed by atoms with van der Waals surface area (Å²) >= 11 is 6.37. The number of ether oxygens (including phenoxy) is 2. The third kappa shape index (κ3) is 3.39. The van der Waals surface area contributed by atoms with Crippen molar-refractivity contribution in [3.63, 3.8) is 0 Å². The lowest BCUT2D eigenvalue weighted by Gasteiger charge is -2.33. The van der Waals surface area contributed by atoms with Crippen molar-refractivity contribution in [3.05, 3.63) is 35.0 Å². The number of benzene rings is 1. The van der Waals surface area contributed by atoms with E-state index >= 15 is 0 Å². The Morgan fingerprint density at radius 2 is 2.21 bits per heavy atom. The molecule has 9 heteroatoms. The van der Waals surface area contributed by atoms with E-state index in [1.807, 2.05) is 0 Å². The Hall–Kier alpha value is -2.06. The van der Waals surface area contributed by atoms with Gasteiger partial charge in [-0.25, -0.2) is 0 Å². The minimum absolute atomic E-state index is 0.218. The van der Waals surface area contributed by atoms with Crippen molar-refractivity contribution in [1.29, 1.82) is 0 Å². The number of carbonyl (C=O) groups is 1. The molecule has 0 saturated carbocycles. The van der Waals surface area contributed by atoms with Crippen LogP contribution in [0.3, 0.4) is 0 Å². The van der Waals surface area contributed by atoms with Crippen LogP contribution in [0.4, 0.5) is 13.2 Å².